The molecule has 1 unspecified atom stereocenters. The zero-order chi connectivity index (χ0) is 24.9. The molecule has 0 bridgehead atoms. The number of halogens is 2. The summed E-state index contributed by atoms with van der Waals surface area (Å²) in [7, 11) is -2.03. The van der Waals surface area contributed by atoms with Gasteiger partial charge in [0.2, 0.25) is 0 Å². The highest BCUT2D eigenvalue weighted by atomic mass is 127. The third-order valence-corrected chi connectivity index (χ3v) is 12.9. The zero-order valence-corrected chi connectivity index (χ0v) is 24.7. The molecule has 182 valence electrons. The molecule has 33 heavy (non-hydrogen) atoms. The maximum absolute atomic E-state index is 13.5. The molecule has 2 atom stereocenters. The second-order valence-electron chi connectivity index (χ2n) is 12.1. The Bertz CT molecular complexity index is 1010. The second-order valence-corrected chi connectivity index (χ2v) is 17.9. The standard InChI is InChI=1S/C27H39FINO2Si/c1-16(2)24-22(25(31)17-10-12-18(28)13-11-17)23(29)21-19(30-24)14-27(6,7)15-20(21)32-33(8,9)26(3,4)5/h10-13,16,20,25,31H,14-15H2,1-9H3/t20-,25?/m0/s1. The van der Waals surface area contributed by atoms with Crippen LogP contribution in [0.25, 0.3) is 0 Å². The Balaban J connectivity index is 2.21. The van der Waals surface area contributed by atoms with E-state index in [9.17, 15) is 9.50 Å². The molecular formula is C27H39FINO2Si. The SMILES string of the molecule is CC(C)c1nc2c(c(I)c1C(O)c1ccc(F)cc1)[C@@H](O[Si](C)(C)C(C)(C)C)CC(C)(C)C2. The summed E-state index contributed by atoms with van der Waals surface area (Å²) in [6, 6.07) is 6.12. The lowest BCUT2D eigenvalue weighted by Gasteiger charge is -2.44. The number of rotatable bonds is 5. The Morgan fingerprint density at radius 3 is 2.27 bits per heavy atom. The van der Waals surface area contributed by atoms with E-state index in [4.69, 9.17) is 9.41 Å². The molecule has 0 aliphatic heterocycles. The van der Waals surface area contributed by atoms with Gasteiger partial charge in [0, 0.05) is 20.4 Å². The van der Waals surface area contributed by atoms with Gasteiger partial charge in [-0.2, -0.15) is 0 Å². The summed E-state index contributed by atoms with van der Waals surface area (Å²) in [5, 5.41) is 11.5. The molecule has 0 fully saturated rings. The third kappa shape index (κ3) is 5.54. The third-order valence-electron chi connectivity index (χ3n) is 7.27. The minimum atomic E-state index is -2.03. The van der Waals surface area contributed by atoms with E-state index in [1.807, 2.05) is 0 Å². The smallest absolute Gasteiger partial charge is 0.192 e. The fraction of sp³-hybridized carbons (Fsp3) is 0.593. The molecule has 3 rings (SSSR count). The molecule has 1 aromatic carbocycles. The number of fused-ring (bicyclic) bond motifs is 1. The quantitative estimate of drug-likeness (QED) is 0.286. The summed E-state index contributed by atoms with van der Waals surface area (Å²) in [4.78, 5) is 5.17. The van der Waals surface area contributed by atoms with Crippen molar-refractivity contribution in [3.05, 3.63) is 61.7 Å². The predicted octanol–water partition coefficient (Wildman–Crippen LogP) is 8.07. The molecule has 1 aliphatic rings. The lowest BCUT2D eigenvalue weighted by Crippen LogP contribution is -2.44. The van der Waals surface area contributed by atoms with Gasteiger partial charge >= 0.3 is 0 Å². The summed E-state index contributed by atoms with van der Waals surface area (Å²) in [5.74, 6) is -0.155. The van der Waals surface area contributed by atoms with Crippen LogP contribution in [0.15, 0.2) is 24.3 Å². The van der Waals surface area contributed by atoms with Gasteiger partial charge in [0.1, 0.15) is 11.9 Å². The molecule has 0 spiro atoms. The molecule has 0 saturated heterocycles. The minimum Gasteiger partial charge on any atom is -0.410 e. The van der Waals surface area contributed by atoms with Gasteiger partial charge in [-0.1, -0.05) is 60.6 Å². The van der Waals surface area contributed by atoms with E-state index in [2.05, 4.69) is 84.2 Å². The molecule has 0 amide bonds. The highest BCUT2D eigenvalue weighted by Gasteiger charge is 2.44. The van der Waals surface area contributed by atoms with Crippen LogP contribution in [0.2, 0.25) is 18.1 Å². The minimum absolute atomic E-state index is 0.0515. The average Bonchev–Trinajstić information content (AvgIpc) is 2.65. The highest BCUT2D eigenvalue weighted by molar-refractivity contribution is 14.1. The van der Waals surface area contributed by atoms with Crippen molar-refractivity contribution in [2.24, 2.45) is 5.41 Å². The summed E-state index contributed by atoms with van der Waals surface area (Å²) in [6.07, 6.45) is 0.903. The second kappa shape index (κ2) is 9.32. The number of aliphatic hydroxyl groups excluding tert-OH is 1. The molecule has 0 radical (unpaired) electrons. The number of nitrogens with zero attached hydrogens (tertiary/aromatic N) is 1. The fourth-order valence-electron chi connectivity index (χ4n) is 4.39. The monoisotopic (exact) mass is 583 g/mol. The van der Waals surface area contributed by atoms with Crippen molar-refractivity contribution >= 4 is 30.9 Å². The van der Waals surface area contributed by atoms with Crippen LogP contribution in [-0.2, 0) is 10.8 Å². The first kappa shape index (κ1) is 26.8. The number of aromatic nitrogens is 1. The summed E-state index contributed by atoms with van der Waals surface area (Å²) in [5.41, 5.74) is 4.74. The fourth-order valence-corrected chi connectivity index (χ4v) is 6.88. The van der Waals surface area contributed by atoms with Gasteiger partial charge in [0.05, 0.1) is 11.8 Å². The van der Waals surface area contributed by atoms with Gasteiger partial charge in [-0.3, -0.25) is 4.98 Å². The molecule has 1 N–H and O–H groups in total. The van der Waals surface area contributed by atoms with Crippen molar-refractivity contribution in [2.45, 2.75) is 97.6 Å². The number of hydrogen-bond donors (Lipinski definition) is 1. The highest BCUT2D eigenvalue weighted by Crippen LogP contribution is 2.50. The Labute approximate surface area is 213 Å². The Kier molecular flexibility index (Phi) is 7.56. The van der Waals surface area contributed by atoms with Crippen LogP contribution in [0, 0.1) is 14.8 Å². The first-order valence-electron chi connectivity index (χ1n) is 11.9. The molecule has 1 heterocycles. The largest absolute Gasteiger partial charge is 0.410 e. The number of pyridine rings is 1. The van der Waals surface area contributed by atoms with E-state index in [1.165, 1.54) is 12.1 Å². The summed E-state index contributed by atoms with van der Waals surface area (Å²) in [6.45, 7) is 20.2. The lowest BCUT2D eigenvalue weighted by molar-refractivity contribution is 0.104. The van der Waals surface area contributed by atoms with Crippen molar-refractivity contribution in [1.82, 2.24) is 4.98 Å². The Hall–Kier alpha value is -0.833. The first-order valence-corrected chi connectivity index (χ1v) is 15.9. The van der Waals surface area contributed by atoms with Crippen LogP contribution in [0.1, 0.15) is 101 Å². The van der Waals surface area contributed by atoms with E-state index in [0.717, 1.165) is 38.9 Å². The normalized spacial score (nSPS) is 19.5. The summed E-state index contributed by atoms with van der Waals surface area (Å²) < 4.78 is 21.6. The van der Waals surface area contributed by atoms with Gasteiger partial charge in [-0.05, 0) is 82.6 Å². The van der Waals surface area contributed by atoms with Crippen LogP contribution >= 0.6 is 22.6 Å². The van der Waals surface area contributed by atoms with Crippen molar-refractivity contribution in [1.29, 1.82) is 0 Å². The van der Waals surface area contributed by atoms with E-state index < -0.39 is 14.4 Å². The van der Waals surface area contributed by atoms with Gasteiger partial charge in [-0.15, -0.1) is 0 Å². The van der Waals surface area contributed by atoms with Gasteiger partial charge in [0.25, 0.3) is 0 Å². The van der Waals surface area contributed by atoms with Crippen molar-refractivity contribution in [3.63, 3.8) is 0 Å². The van der Waals surface area contributed by atoms with Gasteiger partial charge in [-0.25, -0.2) is 4.39 Å². The van der Waals surface area contributed by atoms with Gasteiger partial charge in [0.15, 0.2) is 8.32 Å². The van der Waals surface area contributed by atoms with Crippen LogP contribution in [0.3, 0.4) is 0 Å². The molecule has 2 aromatic rings. The number of hydrogen-bond acceptors (Lipinski definition) is 3. The van der Waals surface area contributed by atoms with E-state index >= 15 is 0 Å². The predicted molar refractivity (Wildman–Crippen MR) is 145 cm³/mol. The van der Waals surface area contributed by atoms with Gasteiger partial charge < -0.3 is 9.53 Å². The maximum atomic E-state index is 13.5. The molecule has 3 nitrogen and oxygen atoms in total. The van der Waals surface area contributed by atoms with Crippen LogP contribution < -0.4 is 0 Å². The molecule has 1 aliphatic carbocycles. The van der Waals surface area contributed by atoms with E-state index in [0.29, 0.717) is 5.56 Å². The Morgan fingerprint density at radius 2 is 1.76 bits per heavy atom. The van der Waals surface area contributed by atoms with Crippen molar-refractivity contribution < 1.29 is 13.9 Å². The number of benzene rings is 1. The van der Waals surface area contributed by atoms with Crippen molar-refractivity contribution in [2.75, 3.05) is 0 Å². The number of aliphatic hydroxyl groups is 1. The topological polar surface area (TPSA) is 42.4 Å². The average molecular weight is 584 g/mol. The van der Waals surface area contributed by atoms with Crippen LogP contribution in [0.5, 0.6) is 0 Å². The van der Waals surface area contributed by atoms with Crippen LogP contribution in [-0.4, -0.2) is 18.4 Å². The zero-order valence-electron chi connectivity index (χ0n) is 21.5. The maximum Gasteiger partial charge on any atom is 0.192 e. The summed E-state index contributed by atoms with van der Waals surface area (Å²) >= 11 is 2.39. The molecular weight excluding hydrogens is 544 g/mol. The Morgan fingerprint density at radius 1 is 1.18 bits per heavy atom. The van der Waals surface area contributed by atoms with Crippen LogP contribution in [0.4, 0.5) is 4.39 Å². The lowest BCUT2D eigenvalue weighted by atomic mass is 9.74. The molecule has 0 saturated carbocycles. The van der Waals surface area contributed by atoms with Crippen molar-refractivity contribution in [3.8, 4) is 0 Å². The van der Waals surface area contributed by atoms with E-state index in [-0.39, 0.29) is 28.3 Å². The van der Waals surface area contributed by atoms with E-state index in [1.54, 1.807) is 12.1 Å². The molecule has 6 heteroatoms. The first-order chi connectivity index (χ1) is 15.0. The molecule has 1 aromatic heterocycles.